The van der Waals surface area contributed by atoms with Crippen molar-refractivity contribution in [2.75, 3.05) is 32.4 Å². The number of thiazole rings is 1. The van der Waals surface area contributed by atoms with Gasteiger partial charge in [0, 0.05) is 42.7 Å². The van der Waals surface area contributed by atoms with Crippen LogP contribution in [0.25, 0.3) is 4.83 Å². The summed E-state index contributed by atoms with van der Waals surface area (Å²) in [6, 6.07) is 0.482. The minimum atomic E-state index is -3.06. The average molecular weight is 397 g/mol. The first-order valence-corrected chi connectivity index (χ1v) is 12.1. The van der Waals surface area contributed by atoms with E-state index in [9.17, 15) is 8.42 Å². The summed E-state index contributed by atoms with van der Waals surface area (Å²) in [5.41, 5.74) is 1.31. The molecule has 1 unspecified atom stereocenters. The molecule has 0 aromatic carbocycles. The van der Waals surface area contributed by atoms with Crippen LogP contribution in [-0.4, -0.2) is 65.5 Å². The van der Waals surface area contributed by atoms with E-state index in [1.807, 2.05) is 0 Å². The molecule has 0 radical (unpaired) electrons. The van der Waals surface area contributed by atoms with Gasteiger partial charge in [0.1, 0.15) is 10.7 Å². The Morgan fingerprint density at radius 1 is 1.27 bits per heavy atom. The molecule has 2 aliphatic heterocycles. The highest BCUT2D eigenvalue weighted by atomic mass is 32.2. The van der Waals surface area contributed by atoms with Crippen LogP contribution in [0.3, 0.4) is 0 Å². The lowest BCUT2D eigenvalue weighted by Crippen LogP contribution is -2.52. The standard InChI is InChI=1S/C18H28N4O2S2/c1-14-19-16(17-22(14)11-12-25-17)18(2)7-4-8-20(13-18)15-5-9-21(10-6-15)26(3,23)24/h11-12,15H,4-10,13H2,1-3H3. The molecule has 0 amide bonds. The van der Waals surface area contributed by atoms with Crippen molar-refractivity contribution < 1.29 is 8.42 Å². The monoisotopic (exact) mass is 396 g/mol. The van der Waals surface area contributed by atoms with Gasteiger partial charge in [-0.15, -0.1) is 11.3 Å². The van der Waals surface area contributed by atoms with Crippen LogP contribution in [0.5, 0.6) is 0 Å². The number of aryl methyl sites for hydroxylation is 1. The highest BCUT2D eigenvalue weighted by Crippen LogP contribution is 2.38. The third kappa shape index (κ3) is 3.21. The van der Waals surface area contributed by atoms with Crippen LogP contribution < -0.4 is 0 Å². The predicted octanol–water partition coefficient (Wildman–Crippen LogP) is 2.48. The van der Waals surface area contributed by atoms with Crippen LogP contribution in [0.4, 0.5) is 0 Å². The maximum absolute atomic E-state index is 11.8. The summed E-state index contributed by atoms with van der Waals surface area (Å²) in [5.74, 6) is 1.07. The second-order valence-corrected chi connectivity index (χ2v) is 11.0. The van der Waals surface area contributed by atoms with Gasteiger partial charge in [0.15, 0.2) is 0 Å². The number of likely N-dealkylation sites (tertiary alicyclic amines) is 1. The molecule has 0 bridgehead atoms. The van der Waals surface area contributed by atoms with E-state index in [1.54, 1.807) is 15.6 Å². The van der Waals surface area contributed by atoms with Crippen molar-refractivity contribution in [3.8, 4) is 0 Å². The lowest BCUT2D eigenvalue weighted by Gasteiger charge is -2.45. The van der Waals surface area contributed by atoms with Gasteiger partial charge in [-0.2, -0.15) is 0 Å². The Balaban J connectivity index is 1.52. The van der Waals surface area contributed by atoms with Crippen LogP contribution in [0, 0.1) is 6.92 Å². The van der Waals surface area contributed by atoms with Crippen molar-refractivity contribution >= 4 is 26.2 Å². The SMILES string of the molecule is Cc1nc(C2(C)CCCN(C3CCN(S(C)(=O)=O)CC3)C2)c2sccn12. The Bertz CT molecular complexity index is 896. The molecule has 2 fully saturated rings. The minimum Gasteiger partial charge on any atom is -0.299 e. The summed E-state index contributed by atoms with van der Waals surface area (Å²) < 4.78 is 27.4. The first-order valence-electron chi connectivity index (χ1n) is 9.40. The van der Waals surface area contributed by atoms with Crippen molar-refractivity contribution in [1.29, 1.82) is 0 Å². The smallest absolute Gasteiger partial charge is 0.211 e. The molecule has 26 heavy (non-hydrogen) atoms. The Kier molecular flexibility index (Phi) is 4.66. The van der Waals surface area contributed by atoms with E-state index in [0.717, 1.165) is 38.2 Å². The number of hydrogen-bond donors (Lipinski definition) is 0. The Labute approximate surface area is 159 Å². The van der Waals surface area contributed by atoms with E-state index in [4.69, 9.17) is 4.98 Å². The highest BCUT2D eigenvalue weighted by Gasteiger charge is 2.39. The number of aromatic nitrogens is 2. The lowest BCUT2D eigenvalue weighted by atomic mass is 9.78. The molecule has 8 heteroatoms. The van der Waals surface area contributed by atoms with Gasteiger partial charge in [-0.25, -0.2) is 17.7 Å². The normalized spacial score (nSPS) is 27.3. The van der Waals surface area contributed by atoms with E-state index in [1.165, 1.54) is 23.2 Å². The van der Waals surface area contributed by atoms with Crippen molar-refractivity contribution in [2.45, 2.75) is 51.0 Å². The minimum absolute atomic E-state index is 0.0661. The van der Waals surface area contributed by atoms with Crippen molar-refractivity contribution in [1.82, 2.24) is 18.6 Å². The highest BCUT2D eigenvalue weighted by molar-refractivity contribution is 7.88. The van der Waals surface area contributed by atoms with Gasteiger partial charge >= 0.3 is 0 Å². The van der Waals surface area contributed by atoms with Gasteiger partial charge in [0.05, 0.1) is 11.9 Å². The van der Waals surface area contributed by atoms with E-state index < -0.39 is 10.0 Å². The fourth-order valence-electron chi connectivity index (χ4n) is 4.68. The third-order valence-electron chi connectivity index (χ3n) is 6.14. The first-order chi connectivity index (χ1) is 12.3. The zero-order valence-corrected chi connectivity index (χ0v) is 17.4. The molecule has 0 saturated carbocycles. The fraction of sp³-hybridized carbons (Fsp3) is 0.722. The van der Waals surface area contributed by atoms with Crippen LogP contribution in [0.1, 0.15) is 44.1 Å². The number of hydrogen-bond acceptors (Lipinski definition) is 5. The summed E-state index contributed by atoms with van der Waals surface area (Å²) >= 11 is 1.78. The first kappa shape index (κ1) is 18.4. The van der Waals surface area contributed by atoms with Crippen molar-refractivity contribution in [3.63, 3.8) is 0 Å². The van der Waals surface area contributed by atoms with Crippen LogP contribution in [0.15, 0.2) is 11.6 Å². The van der Waals surface area contributed by atoms with Gasteiger partial charge in [0.2, 0.25) is 10.0 Å². The third-order valence-corrected chi connectivity index (χ3v) is 8.31. The quantitative estimate of drug-likeness (QED) is 0.800. The molecule has 2 saturated heterocycles. The molecular weight excluding hydrogens is 368 g/mol. The van der Waals surface area contributed by atoms with Gasteiger partial charge < -0.3 is 0 Å². The topological polar surface area (TPSA) is 57.9 Å². The van der Waals surface area contributed by atoms with Crippen molar-refractivity contribution in [2.24, 2.45) is 0 Å². The molecule has 2 aliphatic rings. The summed E-state index contributed by atoms with van der Waals surface area (Å²) in [5, 5.41) is 2.14. The maximum atomic E-state index is 11.8. The molecule has 4 heterocycles. The molecule has 2 aromatic rings. The largest absolute Gasteiger partial charge is 0.299 e. The molecule has 6 nitrogen and oxygen atoms in total. The zero-order valence-electron chi connectivity index (χ0n) is 15.8. The average Bonchev–Trinajstić information content (AvgIpc) is 3.19. The summed E-state index contributed by atoms with van der Waals surface area (Å²) in [7, 11) is -3.06. The molecule has 144 valence electrons. The Morgan fingerprint density at radius 2 is 2.00 bits per heavy atom. The molecular formula is C18H28N4O2S2. The van der Waals surface area contributed by atoms with E-state index >= 15 is 0 Å². The Morgan fingerprint density at radius 3 is 2.69 bits per heavy atom. The van der Waals surface area contributed by atoms with E-state index in [2.05, 4.69) is 34.7 Å². The molecule has 2 aromatic heterocycles. The maximum Gasteiger partial charge on any atom is 0.211 e. The second-order valence-electron chi connectivity index (χ2n) is 8.11. The second kappa shape index (κ2) is 6.58. The number of fused-ring (bicyclic) bond motifs is 1. The molecule has 0 aliphatic carbocycles. The number of rotatable bonds is 3. The van der Waals surface area contributed by atoms with E-state index in [0.29, 0.717) is 19.1 Å². The predicted molar refractivity (Wildman–Crippen MR) is 105 cm³/mol. The van der Waals surface area contributed by atoms with Crippen molar-refractivity contribution in [3.05, 3.63) is 23.1 Å². The fourth-order valence-corrected chi connectivity index (χ4v) is 6.58. The summed E-state index contributed by atoms with van der Waals surface area (Å²) in [6.45, 7) is 7.85. The summed E-state index contributed by atoms with van der Waals surface area (Å²) in [6.07, 6.45) is 7.62. The van der Waals surface area contributed by atoms with E-state index in [-0.39, 0.29) is 5.41 Å². The van der Waals surface area contributed by atoms with Gasteiger partial charge in [-0.05, 0) is 39.2 Å². The number of piperidine rings is 2. The van der Waals surface area contributed by atoms with Gasteiger partial charge in [0.25, 0.3) is 0 Å². The van der Waals surface area contributed by atoms with Crippen LogP contribution in [0.2, 0.25) is 0 Å². The number of sulfonamides is 1. The molecule has 0 spiro atoms. The molecule has 4 rings (SSSR count). The lowest BCUT2D eigenvalue weighted by molar-refractivity contribution is 0.0789. The number of imidazole rings is 1. The number of nitrogens with zero attached hydrogens (tertiary/aromatic N) is 4. The molecule has 0 N–H and O–H groups in total. The van der Waals surface area contributed by atoms with Crippen LogP contribution in [-0.2, 0) is 15.4 Å². The molecule has 1 atom stereocenters. The Hall–Kier alpha value is -0.960. The van der Waals surface area contributed by atoms with Gasteiger partial charge in [-0.1, -0.05) is 6.92 Å². The summed E-state index contributed by atoms with van der Waals surface area (Å²) in [4.78, 5) is 8.80. The zero-order chi connectivity index (χ0) is 18.5. The van der Waals surface area contributed by atoms with Crippen LogP contribution >= 0.6 is 11.3 Å². The van der Waals surface area contributed by atoms with Gasteiger partial charge in [-0.3, -0.25) is 9.30 Å².